The molecule has 1 aliphatic rings. The van der Waals surface area contributed by atoms with Crippen molar-refractivity contribution >= 4 is 42.1 Å². The van der Waals surface area contributed by atoms with E-state index < -0.39 is 0 Å². The normalized spacial score (nSPS) is 16.2. The molecule has 2 aromatic heterocycles. The number of rotatable bonds is 6. The van der Waals surface area contributed by atoms with Gasteiger partial charge in [-0.05, 0) is 23.8 Å². The zero-order valence-corrected chi connectivity index (χ0v) is 18.8. The lowest BCUT2D eigenvalue weighted by molar-refractivity contribution is 0.0951. The van der Waals surface area contributed by atoms with Crippen molar-refractivity contribution in [3.05, 3.63) is 82.1 Å². The second-order valence-corrected chi connectivity index (χ2v) is 7.70. The van der Waals surface area contributed by atoms with Crippen molar-refractivity contribution in [3.63, 3.8) is 0 Å². The maximum absolute atomic E-state index is 12.2. The summed E-state index contributed by atoms with van der Waals surface area (Å²) >= 11 is 1.59. The summed E-state index contributed by atoms with van der Waals surface area (Å²) in [4.78, 5) is 23.6. The van der Waals surface area contributed by atoms with Crippen LogP contribution in [-0.4, -0.2) is 40.4 Å². The van der Waals surface area contributed by atoms with Crippen LogP contribution in [0, 0.1) is 0 Å². The van der Waals surface area contributed by atoms with Crippen molar-refractivity contribution in [2.24, 2.45) is 0 Å². The number of carbonyl (C=O) groups excluding carboxylic acids is 1. The minimum atomic E-state index is -0.0731. The third-order valence-corrected chi connectivity index (χ3v) is 5.72. The van der Waals surface area contributed by atoms with Gasteiger partial charge in [0.25, 0.3) is 5.91 Å². The number of thiazole rings is 1. The maximum Gasteiger partial charge on any atom is 0.251 e. The number of amides is 1. The van der Waals surface area contributed by atoms with Gasteiger partial charge in [0.15, 0.2) is 0 Å². The summed E-state index contributed by atoms with van der Waals surface area (Å²) in [6.45, 7) is 4.10. The molecular formula is C21H25Cl2N5OS. The average Bonchev–Trinajstić information content (AvgIpc) is 3.21. The number of halogens is 2. The molecule has 1 saturated heterocycles. The smallest absolute Gasteiger partial charge is 0.251 e. The molecule has 1 aliphatic heterocycles. The number of aromatic nitrogens is 2. The SMILES string of the molecule is Cl.Cl.O=C(NCc1nc(CN2CCNCC2c2cccnc2)cs1)c1ccccc1. The monoisotopic (exact) mass is 465 g/mol. The fourth-order valence-electron chi connectivity index (χ4n) is 3.40. The minimum Gasteiger partial charge on any atom is -0.346 e. The van der Waals surface area contributed by atoms with Crippen molar-refractivity contribution in [2.45, 2.75) is 19.1 Å². The van der Waals surface area contributed by atoms with Gasteiger partial charge in [-0.2, -0.15) is 0 Å². The summed E-state index contributed by atoms with van der Waals surface area (Å²) in [5, 5.41) is 9.42. The molecule has 3 aromatic rings. The Morgan fingerprint density at radius 1 is 1.20 bits per heavy atom. The lowest BCUT2D eigenvalue weighted by atomic mass is 10.1. The molecule has 1 aromatic carbocycles. The molecule has 9 heteroatoms. The number of hydrogen-bond acceptors (Lipinski definition) is 6. The van der Waals surface area contributed by atoms with Crippen molar-refractivity contribution in [1.82, 2.24) is 25.5 Å². The number of hydrogen-bond donors (Lipinski definition) is 2. The zero-order valence-electron chi connectivity index (χ0n) is 16.4. The third-order valence-electron chi connectivity index (χ3n) is 4.82. The highest BCUT2D eigenvalue weighted by Crippen LogP contribution is 2.24. The summed E-state index contributed by atoms with van der Waals surface area (Å²) in [5.74, 6) is -0.0731. The van der Waals surface area contributed by atoms with Crippen molar-refractivity contribution in [3.8, 4) is 0 Å². The van der Waals surface area contributed by atoms with E-state index in [9.17, 15) is 4.79 Å². The van der Waals surface area contributed by atoms with Crippen LogP contribution in [0.2, 0.25) is 0 Å². The summed E-state index contributed by atoms with van der Waals surface area (Å²) in [7, 11) is 0. The van der Waals surface area contributed by atoms with Gasteiger partial charge in [-0.1, -0.05) is 24.3 Å². The van der Waals surface area contributed by atoms with E-state index in [1.165, 1.54) is 5.56 Å². The molecule has 30 heavy (non-hydrogen) atoms. The predicted octanol–water partition coefficient (Wildman–Crippen LogP) is 3.46. The number of nitrogens with one attached hydrogen (secondary N) is 2. The molecule has 4 rings (SSSR count). The van der Waals surface area contributed by atoms with Crippen LogP contribution in [0.15, 0.2) is 60.2 Å². The largest absolute Gasteiger partial charge is 0.346 e. The van der Waals surface area contributed by atoms with Crippen LogP contribution in [-0.2, 0) is 13.1 Å². The molecule has 1 fully saturated rings. The molecule has 1 atom stereocenters. The van der Waals surface area contributed by atoms with Crippen LogP contribution in [0.3, 0.4) is 0 Å². The van der Waals surface area contributed by atoms with Crippen LogP contribution < -0.4 is 10.6 Å². The van der Waals surface area contributed by atoms with Gasteiger partial charge in [0.1, 0.15) is 5.01 Å². The summed E-state index contributed by atoms with van der Waals surface area (Å²) in [6, 6.07) is 13.7. The second kappa shape index (κ2) is 12.0. The number of carbonyl (C=O) groups is 1. The van der Waals surface area contributed by atoms with Crippen molar-refractivity contribution in [2.75, 3.05) is 19.6 Å². The topological polar surface area (TPSA) is 70.2 Å². The Labute approximate surface area is 193 Å². The van der Waals surface area contributed by atoms with Crippen LogP contribution in [0.25, 0.3) is 0 Å². The molecule has 0 saturated carbocycles. The highest BCUT2D eigenvalue weighted by atomic mass is 35.5. The van der Waals surface area contributed by atoms with Crippen LogP contribution in [0.1, 0.15) is 32.7 Å². The first-order valence-corrected chi connectivity index (χ1v) is 10.3. The van der Waals surface area contributed by atoms with E-state index in [2.05, 4.69) is 32.0 Å². The lowest BCUT2D eigenvalue weighted by Gasteiger charge is -2.35. The Kier molecular flexibility index (Phi) is 9.68. The summed E-state index contributed by atoms with van der Waals surface area (Å²) in [6.07, 6.45) is 3.75. The molecule has 0 aliphatic carbocycles. The fourth-order valence-corrected chi connectivity index (χ4v) is 4.12. The highest BCUT2D eigenvalue weighted by Gasteiger charge is 2.24. The van der Waals surface area contributed by atoms with Gasteiger partial charge in [0.05, 0.1) is 12.2 Å². The van der Waals surface area contributed by atoms with Crippen molar-refractivity contribution in [1.29, 1.82) is 0 Å². The minimum absolute atomic E-state index is 0. The molecular weight excluding hydrogens is 441 g/mol. The predicted molar refractivity (Wildman–Crippen MR) is 124 cm³/mol. The molecule has 0 radical (unpaired) electrons. The van der Waals surface area contributed by atoms with Gasteiger partial charge in [-0.15, -0.1) is 36.2 Å². The quantitative estimate of drug-likeness (QED) is 0.583. The molecule has 2 N–H and O–H groups in total. The standard InChI is InChI=1S/C21H23N5OS.2ClH/c27-21(16-5-2-1-3-6-16)24-13-20-25-18(15-28-20)14-26-10-9-23-12-19(26)17-7-4-8-22-11-17;;/h1-8,11,15,19,23H,9-10,12-14H2,(H,24,27);2*1H. The highest BCUT2D eigenvalue weighted by molar-refractivity contribution is 7.09. The Morgan fingerprint density at radius 2 is 2.03 bits per heavy atom. The number of nitrogens with zero attached hydrogens (tertiary/aromatic N) is 3. The van der Waals surface area contributed by atoms with E-state index in [0.717, 1.165) is 36.9 Å². The Morgan fingerprint density at radius 3 is 2.80 bits per heavy atom. The molecule has 1 unspecified atom stereocenters. The van der Waals surface area contributed by atoms with Gasteiger partial charge in [0.2, 0.25) is 0 Å². The fraction of sp³-hybridized carbons (Fsp3) is 0.286. The average molecular weight is 466 g/mol. The first-order valence-electron chi connectivity index (χ1n) is 9.41. The Hall–Kier alpha value is -2.03. The summed E-state index contributed by atoms with van der Waals surface area (Å²) in [5.41, 5.74) is 2.93. The number of piperazine rings is 1. The molecule has 0 spiro atoms. The van der Waals surface area contributed by atoms with Gasteiger partial charge >= 0.3 is 0 Å². The zero-order chi connectivity index (χ0) is 19.2. The molecule has 0 bridgehead atoms. The first kappa shape index (κ1) is 24.2. The second-order valence-electron chi connectivity index (χ2n) is 6.76. The van der Waals surface area contributed by atoms with Crippen LogP contribution >= 0.6 is 36.2 Å². The van der Waals surface area contributed by atoms with E-state index in [-0.39, 0.29) is 30.7 Å². The molecule has 160 valence electrons. The Bertz CT molecular complexity index is 910. The molecule has 1 amide bonds. The van der Waals surface area contributed by atoms with E-state index in [4.69, 9.17) is 4.98 Å². The van der Waals surface area contributed by atoms with Crippen LogP contribution in [0.5, 0.6) is 0 Å². The first-order chi connectivity index (χ1) is 13.8. The Balaban J connectivity index is 0.00000160. The van der Waals surface area contributed by atoms with E-state index >= 15 is 0 Å². The van der Waals surface area contributed by atoms with E-state index in [0.29, 0.717) is 18.2 Å². The van der Waals surface area contributed by atoms with Crippen molar-refractivity contribution < 1.29 is 4.79 Å². The molecule has 6 nitrogen and oxygen atoms in total. The lowest BCUT2D eigenvalue weighted by Crippen LogP contribution is -2.45. The van der Waals surface area contributed by atoms with Crippen LogP contribution in [0.4, 0.5) is 0 Å². The van der Waals surface area contributed by atoms with Gasteiger partial charge in [-0.3, -0.25) is 14.7 Å². The van der Waals surface area contributed by atoms with E-state index in [1.54, 1.807) is 17.5 Å². The maximum atomic E-state index is 12.2. The summed E-state index contributed by atoms with van der Waals surface area (Å²) < 4.78 is 0. The molecule has 3 heterocycles. The van der Waals surface area contributed by atoms with Gasteiger partial charge < -0.3 is 10.6 Å². The third kappa shape index (κ3) is 6.23. The van der Waals surface area contributed by atoms with E-state index in [1.807, 2.05) is 42.6 Å². The number of benzene rings is 1. The van der Waals surface area contributed by atoms with Gasteiger partial charge in [0, 0.05) is 55.6 Å². The number of pyridine rings is 1. The van der Waals surface area contributed by atoms with Gasteiger partial charge in [-0.25, -0.2) is 4.98 Å².